The van der Waals surface area contributed by atoms with Crippen molar-refractivity contribution in [1.82, 2.24) is 19.5 Å². The Hall–Kier alpha value is -3.07. The summed E-state index contributed by atoms with van der Waals surface area (Å²) < 4.78 is 1.98. The summed E-state index contributed by atoms with van der Waals surface area (Å²) in [7, 11) is 0. The monoisotopic (exact) mass is 413 g/mol. The maximum absolute atomic E-state index is 10.1. The van der Waals surface area contributed by atoms with Crippen LogP contribution in [-0.4, -0.2) is 41.4 Å². The second-order valence-corrected chi connectivity index (χ2v) is 8.62. The Morgan fingerprint density at radius 3 is 2.60 bits per heavy atom. The Morgan fingerprint density at radius 2 is 1.93 bits per heavy atom. The van der Waals surface area contributed by atoms with Gasteiger partial charge in [0.05, 0.1) is 11.9 Å². The molecule has 3 aromatic rings. The first-order valence-corrected chi connectivity index (χ1v) is 10.1. The van der Waals surface area contributed by atoms with E-state index in [9.17, 15) is 10.2 Å². The molecule has 1 atom stereocenters. The summed E-state index contributed by atoms with van der Waals surface area (Å²) in [6, 6.07) is 5.08. The van der Waals surface area contributed by atoms with Crippen LogP contribution in [0.2, 0.25) is 0 Å². The van der Waals surface area contributed by atoms with Crippen LogP contribution in [0, 0.1) is 0 Å². The molecule has 3 rings (SSSR count). The SMILES string of the molecule is CC(CC(C)(C)O)Nc1nc(NCc2cc(N)ccc2O)c2ncn(C(C)C)c2n1. The zero-order chi connectivity index (χ0) is 22.1. The molecule has 9 nitrogen and oxygen atoms in total. The molecule has 9 heteroatoms. The minimum absolute atomic E-state index is 0.0383. The van der Waals surface area contributed by atoms with Gasteiger partial charge in [-0.15, -0.1) is 0 Å². The largest absolute Gasteiger partial charge is 0.508 e. The molecule has 0 aliphatic carbocycles. The lowest BCUT2D eigenvalue weighted by Crippen LogP contribution is -2.29. The topological polar surface area (TPSA) is 134 Å². The molecule has 0 fully saturated rings. The quantitative estimate of drug-likeness (QED) is 0.281. The van der Waals surface area contributed by atoms with E-state index in [2.05, 4.69) is 39.4 Å². The third kappa shape index (κ3) is 5.10. The Balaban J connectivity index is 1.94. The van der Waals surface area contributed by atoms with Crippen molar-refractivity contribution < 1.29 is 10.2 Å². The number of hydrogen-bond donors (Lipinski definition) is 5. The number of benzene rings is 1. The van der Waals surface area contributed by atoms with Crippen molar-refractivity contribution in [2.24, 2.45) is 0 Å². The second-order valence-electron chi connectivity index (χ2n) is 8.62. The molecule has 2 heterocycles. The summed E-state index contributed by atoms with van der Waals surface area (Å²) in [4.78, 5) is 13.8. The van der Waals surface area contributed by atoms with Gasteiger partial charge in [0, 0.05) is 29.9 Å². The summed E-state index contributed by atoms with van der Waals surface area (Å²) in [5, 5.41) is 26.7. The van der Waals surface area contributed by atoms with E-state index in [0.29, 0.717) is 47.1 Å². The van der Waals surface area contributed by atoms with Crippen LogP contribution < -0.4 is 16.4 Å². The number of rotatable bonds is 8. The summed E-state index contributed by atoms with van der Waals surface area (Å²) in [6.45, 7) is 9.97. The Kier molecular flexibility index (Phi) is 6.02. The van der Waals surface area contributed by atoms with Crippen molar-refractivity contribution in [2.45, 2.75) is 65.3 Å². The fourth-order valence-corrected chi connectivity index (χ4v) is 3.43. The highest BCUT2D eigenvalue weighted by Gasteiger charge is 2.20. The van der Waals surface area contributed by atoms with Crippen molar-refractivity contribution in [3.63, 3.8) is 0 Å². The van der Waals surface area contributed by atoms with Gasteiger partial charge in [-0.1, -0.05) is 0 Å². The molecule has 0 radical (unpaired) electrons. The van der Waals surface area contributed by atoms with Crippen LogP contribution in [0.5, 0.6) is 5.75 Å². The molecular formula is C21H31N7O2. The number of imidazole rings is 1. The van der Waals surface area contributed by atoms with E-state index < -0.39 is 5.60 Å². The van der Waals surface area contributed by atoms with E-state index in [4.69, 9.17) is 5.73 Å². The third-order valence-electron chi connectivity index (χ3n) is 4.71. The molecule has 1 aromatic carbocycles. The molecule has 0 saturated heterocycles. The number of aromatic nitrogens is 4. The highest BCUT2D eigenvalue weighted by molar-refractivity contribution is 5.84. The average molecular weight is 414 g/mol. The molecule has 2 aromatic heterocycles. The minimum atomic E-state index is -0.804. The highest BCUT2D eigenvalue weighted by Crippen LogP contribution is 2.26. The number of anilines is 3. The third-order valence-corrected chi connectivity index (χ3v) is 4.71. The second kappa shape index (κ2) is 8.35. The lowest BCUT2D eigenvalue weighted by Gasteiger charge is -2.23. The molecule has 0 aliphatic heterocycles. The Bertz CT molecular complexity index is 1020. The Morgan fingerprint density at radius 1 is 1.20 bits per heavy atom. The van der Waals surface area contributed by atoms with E-state index in [0.717, 1.165) is 0 Å². The summed E-state index contributed by atoms with van der Waals surface area (Å²) in [6.07, 6.45) is 2.29. The number of nitrogen functional groups attached to an aromatic ring is 1. The fraction of sp³-hybridized carbons (Fsp3) is 0.476. The van der Waals surface area contributed by atoms with Crippen molar-refractivity contribution in [2.75, 3.05) is 16.4 Å². The molecule has 30 heavy (non-hydrogen) atoms. The first-order valence-electron chi connectivity index (χ1n) is 10.1. The predicted octanol–water partition coefficient (Wildman–Crippen LogP) is 3.27. The van der Waals surface area contributed by atoms with Crippen LogP contribution >= 0.6 is 0 Å². The summed E-state index contributed by atoms with van der Waals surface area (Å²) in [5.41, 5.74) is 7.63. The van der Waals surface area contributed by atoms with Crippen LogP contribution in [0.1, 0.15) is 52.6 Å². The van der Waals surface area contributed by atoms with Gasteiger partial charge in [0.2, 0.25) is 5.95 Å². The number of aromatic hydroxyl groups is 1. The van der Waals surface area contributed by atoms with Gasteiger partial charge in [-0.25, -0.2) is 4.98 Å². The number of nitrogens with zero attached hydrogens (tertiary/aromatic N) is 4. The zero-order valence-electron chi connectivity index (χ0n) is 18.1. The van der Waals surface area contributed by atoms with Gasteiger partial charge in [0.1, 0.15) is 5.75 Å². The van der Waals surface area contributed by atoms with Crippen LogP contribution in [-0.2, 0) is 6.54 Å². The van der Waals surface area contributed by atoms with Crippen molar-refractivity contribution in [1.29, 1.82) is 0 Å². The smallest absolute Gasteiger partial charge is 0.226 e. The molecule has 0 aliphatic rings. The van der Waals surface area contributed by atoms with Crippen molar-refractivity contribution in [3.05, 3.63) is 30.1 Å². The van der Waals surface area contributed by atoms with Crippen molar-refractivity contribution in [3.8, 4) is 5.75 Å². The van der Waals surface area contributed by atoms with Gasteiger partial charge in [-0.3, -0.25) is 0 Å². The molecule has 0 saturated carbocycles. The maximum atomic E-state index is 10.1. The summed E-state index contributed by atoms with van der Waals surface area (Å²) >= 11 is 0. The van der Waals surface area contributed by atoms with E-state index >= 15 is 0 Å². The van der Waals surface area contributed by atoms with Gasteiger partial charge >= 0.3 is 0 Å². The fourth-order valence-electron chi connectivity index (χ4n) is 3.43. The van der Waals surface area contributed by atoms with Crippen LogP contribution in [0.25, 0.3) is 11.2 Å². The van der Waals surface area contributed by atoms with Gasteiger partial charge in [-0.2, -0.15) is 9.97 Å². The molecular weight excluding hydrogens is 382 g/mol. The van der Waals surface area contributed by atoms with Crippen LogP contribution in [0.4, 0.5) is 17.5 Å². The Labute approximate surface area is 176 Å². The lowest BCUT2D eigenvalue weighted by molar-refractivity contribution is 0.0672. The maximum Gasteiger partial charge on any atom is 0.226 e. The first kappa shape index (κ1) is 21.6. The molecule has 0 spiro atoms. The first-order chi connectivity index (χ1) is 14.0. The van der Waals surface area contributed by atoms with E-state index in [-0.39, 0.29) is 17.8 Å². The van der Waals surface area contributed by atoms with Crippen molar-refractivity contribution >= 4 is 28.6 Å². The van der Waals surface area contributed by atoms with E-state index in [1.54, 1.807) is 38.4 Å². The van der Waals surface area contributed by atoms with E-state index in [1.807, 2.05) is 11.5 Å². The molecule has 0 bridgehead atoms. The lowest BCUT2D eigenvalue weighted by atomic mass is 10.0. The molecule has 6 N–H and O–H groups in total. The standard InChI is InChI=1S/C21H31N7O2/c1-12(2)28-11-24-17-18(23-10-14-8-15(22)6-7-16(14)29)26-20(27-19(17)28)25-13(3)9-21(4,5)30/h6-8,11-13,29-30H,9-10,22H2,1-5H3,(H2,23,25,26,27). The molecule has 0 amide bonds. The average Bonchev–Trinajstić information content (AvgIpc) is 3.04. The van der Waals surface area contributed by atoms with E-state index in [1.165, 1.54) is 0 Å². The number of aliphatic hydroxyl groups is 1. The minimum Gasteiger partial charge on any atom is -0.508 e. The molecule has 162 valence electrons. The number of phenolic OH excluding ortho intramolecular Hbond substituents is 1. The van der Waals surface area contributed by atoms with Crippen LogP contribution in [0.15, 0.2) is 24.5 Å². The number of nitrogens with two attached hydrogens (primary N) is 1. The number of fused-ring (bicyclic) bond motifs is 1. The highest BCUT2D eigenvalue weighted by atomic mass is 16.3. The predicted molar refractivity (Wildman–Crippen MR) is 120 cm³/mol. The summed E-state index contributed by atoms with van der Waals surface area (Å²) in [5.74, 6) is 1.16. The number of hydrogen-bond acceptors (Lipinski definition) is 8. The molecule has 1 unspecified atom stereocenters. The normalized spacial score (nSPS) is 13.0. The number of phenols is 1. The zero-order valence-corrected chi connectivity index (χ0v) is 18.1. The van der Waals surface area contributed by atoms with Gasteiger partial charge in [0.25, 0.3) is 0 Å². The van der Waals surface area contributed by atoms with Crippen LogP contribution in [0.3, 0.4) is 0 Å². The van der Waals surface area contributed by atoms with Gasteiger partial charge < -0.3 is 31.1 Å². The number of nitrogens with one attached hydrogen (secondary N) is 2. The van der Waals surface area contributed by atoms with Gasteiger partial charge in [0.15, 0.2) is 17.0 Å². The van der Waals surface area contributed by atoms with Gasteiger partial charge in [-0.05, 0) is 59.2 Å².